The number of alkyl halides is 2. The number of ether oxygens (including phenoxy) is 2. The zero-order valence-corrected chi connectivity index (χ0v) is 15.2. The van der Waals surface area contributed by atoms with E-state index in [4.69, 9.17) is 9.47 Å². The van der Waals surface area contributed by atoms with Crippen molar-refractivity contribution in [2.75, 3.05) is 19.0 Å². The van der Waals surface area contributed by atoms with Gasteiger partial charge >= 0.3 is 11.7 Å². The number of carbonyl (C=O) groups is 2. The summed E-state index contributed by atoms with van der Waals surface area (Å²) in [5, 5.41) is 12.0. The molecule has 0 aromatic heterocycles. The Hall–Kier alpha value is -3.21. The molecule has 0 radical (unpaired) electrons. The molecule has 2 N–H and O–H groups in total. The summed E-state index contributed by atoms with van der Waals surface area (Å²) >= 11 is 0. The first-order valence-electron chi connectivity index (χ1n) is 7.61. The number of nitrogens with one attached hydrogen (secondary N) is 1. The van der Waals surface area contributed by atoms with Crippen molar-refractivity contribution < 1.29 is 41.4 Å². The van der Waals surface area contributed by atoms with Crippen molar-refractivity contribution in [3.8, 4) is 11.5 Å². The zero-order chi connectivity index (χ0) is 20.9. The van der Waals surface area contributed by atoms with E-state index in [2.05, 4.69) is 5.32 Å². The van der Waals surface area contributed by atoms with Crippen LogP contribution in [0.3, 0.4) is 0 Å². The van der Waals surface area contributed by atoms with Crippen molar-refractivity contribution in [1.29, 1.82) is 0 Å². The van der Waals surface area contributed by atoms with Gasteiger partial charge < -0.3 is 19.9 Å². The van der Waals surface area contributed by atoms with Gasteiger partial charge in [0, 0.05) is 11.8 Å². The Morgan fingerprint density at radius 1 is 1.14 bits per heavy atom. The van der Waals surface area contributed by atoms with E-state index in [1.165, 1.54) is 25.3 Å². The number of benzene rings is 2. The number of phenolic OH excluding ortho intramolecular Hbond substituents is 1. The molecular weight excluding hydrogens is 400 g/mol. The minimum Gasteiger partial charge on any atom is -0.507 e. The van der Waals surface area contributed by atoms with Crippen LogP contribution in [0.2, 0.25) is 0 Å². The molecule has 0 aliphatic rings. The maximum Gasteiger partial charge on any atom is 0.342 e. The summed E-state index contributed by atoms with van der Waals surface area (Å²) in [6.45, 7) is -0.693. The number of esters is 1. The van der Waals surface area contributed by atoms with Crippen LogP contribution in [0.1, 0.15) is 10.4 Å². The molecule has 0 spiro atoms. The number of sulfone groups is 1. The van der Waals surface area contributed by atoms with Gasteiger partial charge in [-0.15, -0.1) is 0 Å². The summed E-state index contributed by atoms with van der Waals surface area (Å²) < 4.78 is 57.2. The molecule has 11 heteroatoms. The van der Waals surface area contributed by atoms with Gasteiger partial charge in [0.1, 0.15) is 17.1 Å². The number of aromatic hydroxyl groups is 1. The fraction of sp³-hybridized carbons (Fsp3) is 0.176. The summed E-state index contributed by atoms with van der Waals surface area (Å²) in [7, 11) is -3.35. The van der Waals surface area contributed by atoms with Gasteiger partial charge in [-0.3, -0.25) is 4.79 Å². The van der Waals surface area contributed by atoms with Crippen LogP contribution in [0.5, 0.6) is 11.5 Å². The maximum absolute atomic E-state index is 12.5. The van der Waals surface area contributed by atoms with Gasteiger partial charge in [0.05, 0.1) is 12.0 Å². The van der Waals surface area contributed by atoms with Gasteiger partial charge in [-0.2, -0.15) is 8.78 Å². The van der Waals surface area contributed by atoms with Gasteiger partial charge in [0.2, 0.25) is 9.84 Å². The number of hydrogen-bond acceptors (Lipinski definition) is 7. The fourth-order valence-corrected chi connectivity index (χ4v) is 2.77. The number of halogens is 2. The number of amides is 1. The quantitative estimate of drug-likeness (QED) is 0.666. The number of rotatable bonds is 7. The molecule has 0 bridgehead atoms. The van der Waals surface area contributed by atoms with E-state index in [-0.39, 0.29) is 17.0 Å². The molecule has 28 heavy (non-hydrogen) atoms. The largest absolute Gasteiger partial charge is 0.507 e. The Balaban J connectivity index is 1.95. The lowest BCUT2D eigenvalue weighted by atomic mass is 10.2. The lowest BCUT2D eigenvalue weighted by Crippen LogP contribution is -2.21. The van der Waals surface area contributed by atoms with Crippen LogP contribution in [0.4, 0.5) is 14.5 Å². The summed E-state index contributed by atoms with van der Waals surface area (Å²) in [6, 6.07) is 7.94. The van der Waals surface area contributed by atoms with Gasteiger partial charge in [0.15, 0.2) is 6.61 Å². The number of hydrogen-bond donors (Lipinski definition) is 2. The number of carbonyl (C=O) groups excluding carboxylic acids is 2. The first-order chi connectivity index (χ1) is 13.1. The molecular formula is C17H15F2NO7S. The van der Waals surface area contributed by atoms with E-state index in [0.29, 0.717) is 5.75 Å². The Kier molecular flexibility index (Phi) is 6.52. The maximum atomic E-state index is 12.5. The summed E-state index contributed by atoms with van der Waals surface area (Å²) in [5.41, 5.74) is -0.0586. The summed E-state index contributed by atoms with van der Waals surface area (Å²) in [6.07, 6.45) is 0. The smallest absolute Gasteiger partial charge is 0.342 e. The third-order valence-corrected chi connectivity index (χ3v) is 4.86. The van der Waals surface area contributed by atoms with Crippen LogP contribution in [-0.2, 0) is 19.4 Å². The van der Waals surface area contributed by atoms with E-state index < -0.39 is 39.0 Å². The average Bonchev–Trinajstić information content (AvgIpc) is 2.66. The Labute approximate surface area is 158 Å². The van der Waals surface area contributed by atoms with Gasteiger partial charge in [0.25, 0.3) is 5.91 Å². The Morgan fingerprint density at radius 3 is 2.32 bits per heavy atom. The number of anilines is 1. The van der Waals surface area contributed by atoms with E-state index in [0.717, 1.165) is 24.3 Å². The summed E-state index contributed by atoms with van der Waals surface area (Å²) in [5.74, 6) is -5.33. The second-order valence-electron chi connectivity index (χ2n) is 5.34. The molecule has 0 aliphatic carbocycles. The first-order valence-corrected chi connectivity index (χ1v) is 9.16. The highest BCUT2D eigenvalue weighted by molar-refractivity contribution is 7.91. The highest BCUT2D eigenvalue weighted by Crippen LogP contribution is 2.24. The van der Waals surface area contributed by atoms with Crippen molar-refractivity contribution in [3.05, 3.63) is 48.0 Å². The number of methoxy groups -OCH3 is 1. The van der Waals surface area contributed by atoms with Crippen molar-refractivity contribution in [1.82, 2.24) is 0 Å². The molecule has 0 saturated heterocycles. The average molecular weight is 415 g/mol. The monoisotopic (exact) mass is 415 g/mol. The van der Waals surface area contributed by atoms with Crippen LogP contribution in [0, 0.1) is 0 Å². The van der Waals surface area contributed by atoms with Gasteiger partial charge in [-0.05, 0) is 36.4 Å². The van der Waals surface area contributed by atoms with Crippen LogP contribution in [0.25, 0.3) is 0 Å². The molecule has 0 aliphatic heterocycles. The predicted molar refractivity (Wildman–Crippen MR) is 93.2 cm³/mol. The SMILES string of the molecule is COc1ccc(C(=O)OCC(=O)Nc2ccc(S(=O)(=O)C(F)F)cc2)c(O)c1. The van der Waals surface area contributed by atoms with Gasteiger partial charge in [-0.1, -0.05) is 0 Å². The van der Waals surface area contributed by atoms with Crippen LogP contribution in [-0.4, -0.2) is 44.9 Å². The third-order valence-electron chi connectivity index (χ3n) is 3.46. The minimum absolute atomic E-state index is 0.113. The molecule has 2 rings (SSSR count). The summed E-state index contributed by atoms with van der Waals surface area (Å²) in [4.78, 5) is 23.1. The molecule has 0 fully saturated rings. The van der Waals surface area contributed by atoms with E-state index in [9.17, 15) is 31.9 Å². The third kappa shape index (κ3) is 4.94. The van der Waals surface area contributed by atoms with Crippen molar-refractivity contribution >= 4 is 27.4 Å². The van der Waals surface area contributed by atoms with E-state index >= 15 is 0 Å². The van der Waals surface area contributed by atoms with Crippen molar-refractivity contribution in [2.45, 2.75) is 10.7 Å². The molecule has 0 heterocycles. The molecule has 0 atom stereocenters. The van der Waals surface area contributed by atoms with E-state index in [1.807, 2.05) is 0 Å². The Bertz CT molecular complexity index is 976. The molecule has 150 valence electrons. The Morgan fingerprint density at radius 2 is 1.79 bits per heavy atom. The lowest BCUT2D eigenvalue weighted by Gasteiger charge is -2.09. The van der Waals surface area contributed by atoms with Gasteiger partial charge in [-0.25, -0.2) is 13.2 Å². The second-order valence-corrected chi connectivity index (χ2v) is 7.26. The molecule has 2 aromatic carbocycles. The predicted octanol–water partition coefficient (Wildman–Crippen LogP) is 2.19. The highest BCUT2D eigenvalue weighted by atomic mass is 32.2. The normalized spacial score (nSPS) is 11.1. The van der Waals surface area contributed by atoms with Crippen LogP contribution < -0.4 is 10.1 Å². The highest BCUT2D eigenvalue weighted by Gasteiger charge is 2.26. The van der Waals surface area contributed by atoms with E-state index in [1.54, 1.807) is 0 Å². The fourth-order valence-electron chi connectivity index (χ4n) is 2.05. The molecule has 1 amide bonds. The van der Waals surface area contributed by atoms with Crippen LogP contribution in [0.15, 0.2) is 47.4 Å². The standard InChI is InChI=1S/C17H15F2NO7S/c1-26-11-4-7-13(14(21)8-11)16(23)27-9-15(22)20-10-2-5-12(6-3-10)28(24,25)17(18)19/h2-8,17,21H,9H2,1H3,(H,20,22). The van der Waals surface area contributed by atoms with Crippen molar-refractivity contribution in [2.24, 2.45) is 0 Å². The van der Waals surface area contributed by atoms with Crippen molar-refractivity contribution in [3.63, 3.8) is 0 Å². The number of phenols is 1. The molecule has 0 unspecified atom stereocenters. The second kappa shape index (κ2) is 8.65. The molecule has 0 saturated carbocycles. The molecule has 8 nitrogen and oxygen atoms in total. The van der Waals surface area contributed by atoms with Crippen LogP contribution >= 0.6 is 0 Å². The molecule has 2 aromatic rings. The topological polar surface area (TPSA) is 119 Å². The first kappa shape index (κ1) is 21.1. The zero-order valence-electron chi connectivity index (χ0n) is 14.4. The lowest BCUT2D eigenvalue weighted by molar-refractivity contribution is -0.119. The minimum atomic E-state index is -4.73.